The second-order valence-electron chi connectivity index (χ2n) is 5.10. The Hall–Kier alpha value is -1.27. The summed E-state index contributed by atoms with van der Waals surface area (Å²) in [5, 5.41) is 0. The van der Waals surface area contributed by atoms with E-state index in [1.807, 2.05) is 12.1 Å². The van der Waals surface area contributed by atoms with Crippen molar-refractivity contribution < 1.29 is 17.9 Å². The van der Waals surface area contributed by atoms with Crippen LogP contribution in [0.3, 0.4) is 0 Å². The predicted molar refractivity (Wildman–Crippen MR) is 70.4 cm³/mol. The molecule has 0 saturated carbocycles. The van der Waals surface area contributed by atoms with E-state index in [0.29, 0.717) is 19.4 Å². The van der Waals surface area contributed by atoms with E-state index in [9.17, 15) is 13.2 Å². The molecule has 1 heterocycles. The van der Waals surface area contributed by atoms with Crippen LogP contribution in [-0.4, -0.2) is 18.8 Å². The monoisotopic (exact) mass is 288 g/mol. The largest absolute Gasteiger partial charge is 0.493 e. The van der Waals surface area contributed by atoms with Gasteiger partial charge in [0.25, 0.3) is 0 Å². The van der Waals surface area contributed by atoms with E-state index in [1.165, 1.54) is 5.56 Å². The van der Waals surface area contributed by atoms with Crippen LogP contribution in [0.2, 0.25) is 0 Å². The Bertz CT molecular complexity index is 449. The van der Waals surface area contributed by atoms with Gasteiger partial charge >= 0.3 is 6.18 Å². The zero-order valence-electron chi connectivity index (χ0n) is 11.2. The van der Waals surface area contributed by atoms with Gasteiger partial charge in [-0.15, -0.1) is 0 Å². The number of hydrazine groups is 1. The van der Waals surface area contributed by atoms with Crippen molar-refractivity contribution in [3.8, 4) is 5.75 Å². The number of alkyl halides is 3. The highest BCUT2D eigenvalue weighted by atomic mass is 19.4. The van der Waals surface area contributed by atoms with E-state index in [1.54, 1.807) is 0 Å². The third-order valence-corrected chi connectivity index (χ3v) is 3.55. The third kappa shape index (κ3) is 4.38. The summed E-state index contributed by atoms with van der Waals surface area (Å²) in [6, 6.07) is 5.64. The molecule has 0 fully saturated rings. The molecule has 20 heavy (non-hydrogen) atoms. The number of nitrogens with two attached hydrogens (primary N) is 1. The number of nitrogens with one attached hydrogen (secondary N) is 1. The fraction of sp³-hybridized carbons (Fsp3) is 0.571. The first-order chi connectivity index (χ1) is 9.48. The van der Waals surface area contributed by atoms with Gasteiger partial charge in [0.05, 0.1) is 6.61 Å². The lowest BCUT2D eigenvalue weighted by Gasteiger charge is -2.17. The smallest absolute Gasteiger partial charge is 0.389 e. The number of halogens is 3. The van der Waals surface area contributed by atoms with Crippen LogP contribution in [0.5, 0.6) is 5.75 Å². The average molecular weight is 288 g/mol. The normalized spacial score (nSPS) is 15.8. The van der Waals surface area contributed by atoms with Crippen molar-refractivity contribution in [3.63, 3.8) is 0 Å². The average Bonchev–Trinajstić information content (AvgIpc) is 2.85. The molecule has 0 amide bonds. The number of hydrogen-bond acceptors (Lipinski definition) is 3. The molecular weight excluding hydrogens is 269 g/mol. The second kappa shape index (κ2) is 6.45. The maximum Gasteiger partial charge on any atom is 0.389 e. The molecule has 6 heteroatoms. The van der Waals surface area contributed by atoms with Gasteiger partial charge in [-0.2, -0.15) is 13.2 Å². The van der Waals surface area contributed by atoms with Gasteiger partial charge in [0.15, 0.2) is 0 Å². The van der Waals surface area contributed by atoms with Crippen LogP contribution in [0.4, 0.5) is 13.2 Å². The molecule has 1 aromatic carbocycles. The lowest BCUT2D eigenvalue weighted by molar-refractivity contribution is -0.136. The van der Waals surface area contributed by atoms with Crippen LogP contribution in [0.15, 0.2) is 18.2 Å². The molecule has 1 aromatic rings. The summed E-state index contributed by atoms with van der Waals surface area (Å²) in [6.45, 7) is 0.706. The number of aryl methyl sites for hydroxylation is 1. The summed E-state index contributed by atoms with van der Waals surface area (Å²) in [7, 11) is 0. The van der Waals surface area contributed by atoms with Crippen LogP contribution in [-0.2, 0) is 12.8 Å². The Morgan fingerprint density at radius 1 is 1.30 bits per heavy atom. The molecule has 1 aliphatic heterocycles. The quantitative estimate of drug-likeness (QED) is 0.625. The summed E-state index contributed by atoms with van der Waals surface area (Å²) < 4.78 is 42.0. The van der Waals surface area contributed by atoms with Crippen molar-refractivity contribution in [2.45, 2.75) is 44.3 Å². The van der Waals surface area contributed by atoms with Crippen LogP contribution >= 0.6 is 0 Å². The molecule has 1 atom stereocenters. The zero-order valence-corrected chi connectivity index (χ0v) is 11.2. The van der Waals surface area contributed by atoms with Crippen LogP contribution in [0.25, 0.3) is 0 Å². The first-order valence-corrected chi connectivity index (χ1v) is 6.75. The van der Waals surface area contributed by atoms with Gasteiger partial charge in [-0.25, -0.2) is 0 Å². The summed E-state index contributed by atoms with van der Waals surface area (Å²) in [5.74, 6) is 6.24. The molecule has 0 spiro atoms. The summed E-state index contributed by atoms with van der Waals surface area (Å²) in [6.07, 6.45) is -2.73. The van der Waals surface area contributed by atoms with Gasteiger partial charge in [-0.1, -0.05) is 12.1 Å². The number of rotatable bonds is 6. The fourth-order valence-corrected chi connectivity index (χ4v) is 2.39. The van der Waals surface area contributed by atoms with Gasteiger partial charge < -0.3 is 4.74 Å². The van der Waals surface area contributed by atoms with Crippen molar-refractivity contribution in [2.75, 3.05) is 6.61 Å². The first kappa shape index (κ1) is 15.1. The minimum absolute atomic E-state index is 0.00799. The fourth-order valence-electron chi connectivity index (χ4n) is 2.39. The van der Waals surface area contributed by atoms with E-state index in [2.05, 4.69) is 11.5 Å². The van der Waals surface area contributed by atoms with Crippen molar-refractivity contribution >= 4 is 0 Å². The second-order valence-corrected chi connectivity index (χ2v) is 5.10. The van der Waals surface area contributed by atoms with Crippen molar-refractivity contribution in [3.05, 3.63) is 29.3 Å². The number of ether oxygens (including phenoxy) is 1. The molecule has 3 nitrogen and oxygen atoms in total. The highest BCUT2D eigenvalue weighted by Gasteiger charge is 2.28. The van der Waals surface area contributed by atoms with Crippen molar-refractivity contribution in [2.24, 2.45) is 5.84 Å². The SMILES string of the molecule is NNC(CCc1ccc2c(c1)CCO2)CCC(F)(F)F. The maximum absolute atomic E-state index is 12.2. The van der Waals surface area contributed by atoms with Crippen molar-refractivity contribution in [1.82, 2.24) is 5.43 Å². The molecule has 2 rings (SSSR count). The van der Waals surface area contributed by atoms with Gasteiger partial charge in [0, 0.05) is 18.9 Å². The van der Waals surface area contributed by atoms with E-state index in [0.717, 1.165) is 17.7 Å². The molecule has 0 bridgehead atoms. The Kier molecular flexibility index (Phi) is 4.88. The van der Waals surface area contributed by atoms with Gasteiger partial charge in [0.1, 0.15) is 5.75 Å². The summed E-state index contributed by atoms with van der Waals surface area (Å²) >= 11 is 0. The van der Waals surface area contributed by atoms with Crippen LogP contribution < -0.4 is 16.0 Å². The molecule has 0 radical (unpaired) electrons. The minimum atomic E-state index is -4.12. The Labute approximate surface area is 116 Å². The third-order valence-electron chi connectivity index (χ3n) is 3.55. The zero-order chi connectivity index (χ0) is 14.6. The Balaban J connectivity index is 1.83. The first-order valence-electron chi connectivity index (χ1n) is 6.75. The minimum Gasteiger partial charge on any atom is -0.493 e. The standard InChI is InChI=1S/C14H19F3N2O/c15-14(16,17)7-5-12(19-18)3-1-10-2-4-13-11(9-10)6-8-20-13/h2,4,9,12,19H,1,3,5-8,18H2. The molecule has 0 saturated heterocycles. The highest BCUT2D eigenvalue weighted by molar-refractivity contribution is 5.39. The number of fused-ring (bicyclic) bond motifs is 1. The highest BCUT2D eigenvalue weighted by Crippen LogP contribution is 2.27. The number of hydrogen-bond donors (Lipinski definition) is 2. The van der Waals surface area contributed by atoms with E-state index in [4.69, 9.17) is 10.6 Å². The van der Waals surface area contributed by atoms with E-state index < -0.39 is 12.6 Å². The van der Waals surface area contributed by atoms with Gasteiger partial charge in [-0.3, -0.25) is 11.3 Å². The Morgan fingerprint density at radius 3 is 2.80 bits per heavy atom. The lowest BCUT2D eigenvalue weighted by atomic mass is 10.00. The van der Waals surface area contributed by atoms with E-state index >= 15 is 0 Å². The van der Waals surface area contributed by atoms with Gasteiger partial charge in [-0.05, 0) is 36.5 Å². The molecular formula is C14H19F3N2O. The van der Waals surface area contributed by atoms with Gasteiger partial charge in [0.2, 0.25) is 0 Å². The summed E-state index contributed by atoms with van der Waals surface area (Å²) in [4.78, 5) is 0. The number of benzene rings is 1. The molecule has 0 aromatic heterocycles. The van der Waals surface area contributed by atoms with Crippen molar-refractivity contribution in [1.29, 1.82) is 0 Å². The lowest BCUT2D eigenvalue weighted by Crippen LogP contribution is -2.36. The maximum atomic E-state index is 12.2. The molecule has 3 N–H and O–H groups in total. The molecule has 112 valence electrons. The molecule has 1 aliphatic rings. The molecule has 0 aliphatic carbocycles. The topological polar surface area (TPSA) is 47.3 Å². The molecule has 1 unspecified atom stereocenters. The van der Waals surface area contributed by atoms with Crippen LogP contribution in [0, 0.1) is 0 Å². The van der Waals surface area contributed by atoms with Crippen LogP contribution in [0.1, 0.15) is 30.4 Å². The van der Waals surface area contributed by atoms with E-state index in [-0.39, 0.29) is 12.5 Å². The summed E-state index contributed by atoms with van der Waals surface area (Å²) in [5.41, 5.74) is 4.76. The predicted octanol–water partition coefficient (Wildman–Crippen LogP) is 2.73. The Morgan fingerprint density at radius 2 is 2.10 bits per heavy atom.